The highest BCUT2D eigenvalue weighted by atomic mass is 19.4. The number of alkyl halides is 6. The molecule has 0 radical (unpaired) electrons. The number of aromatic nitrogens is 2. The van der Waals surface area contributed by atoms with E-state index in [1.54, 1.807) is 48.5 Å². The van der Waals surface area contributed by atoms with Crippen molar-refractivity contribution >= 4 is 11.4 Å². The molecule has 0 spiro atoms. The molecule has 6 rings (SSSR count). The molecule has 4 aromatic carbocycles. The van der Waals surface area contributed by atoms with E-state index in [0.29, 0.717) is 34.0 Å². The van der Waals surface area contributed by atoms with Crippen LogP contribution in [0.25, 0.3) is 22.5 Å². The Morgan fingerprint density at radius 1 is 0.531 bits per heavy atom. The summed E-state index contributed by atoms with van der Waals surface area (Å²) in [6, 6.07) is 28.4. The van der Waals surface area contributed by atoms with Crippen LogP contribution < -0.4 is 10.6 Å². The Kier molecular flexibility index (Phi) is 9.72. The molecule has 49 heavy (non-hydrogen) atoms. The number of nitrogens with zero attached hydrogens (tertiary/aromatic N) is 2. The van der Waals surface area contributed by atoms with Crippen LogP contribution in [0, 0.1) is 0 Å². The average Bonchev–Trinajstić information content (AvgIpc) is 3.77. The molecule has 2 N–H and O–H groups in total. The minimum atomic E-state index is -4.39. The first kappa shape index (κ1) is 33.3. The van der Waals surface area contributed by atoms with Gasteiger partial charge in [-0.15, -0.1) is 0 Å². The zero-order chi connectivity index (χ0) is 34.4. The normalized spacial score (nSPS) is 11.9. The summed E-state index contributed by atoms with van der Waals surface area (Å²) < 4.78 is 94.3. The zero-order valence-corrected chi connectivity index (χ0v) is 25.6. The summed E-state index contributed by atoms with van der Waals surface area (Å²) in [6.07, 6.45) is -8.78. The van der Waals surface area contributed by atoms with E-state index in [4.69, 9.17) is 13.8 Å². The molecule has 0 fully saturated rings. The van der Waals surface area contributed by atoms with Crippen molar-refractivity contribution < 1.29 is 40.1 Å². The van der Waals surface area contributed by atoms with Crippen molar-refractivity contribution in [3.8, 4) is 22.5 Å². The lowest BCUT2D eigenvalue weighted by atomic mass is 10.1. The lowest BCUT2D eigenvalue weighted by molar-refractivity contribution is -0.138. The van der Waals surface area contributed by atoms with Crippen molar-refractivity contribution in [1.82, 2.24) is 10.3 Å². The lowest BCUT2D eigenvalue weighted by Gasteiger charge is -2.10. The molecule has 0 amide bonds. The van der Waals surface area contributed by atoms with Crippen LogP contribution in [0.5, 0.6) is 0 Å². The number of anilines is 2. The molecular formula is C36H28F6N4O3. The maximum Gasteiger partial charge on any atom is 0.416 e. The number of hydrogen-bond donors (Lipinski definition) is 2. The standard InChI is InChI=1S/C36H28F6N4O3/c37-35(38,39)27-5-1-3-23(15-27)19-43-29-11-7-25(8-12-29)33-17-31(48-45-33)21-47-22-32-18-34(46-49-32)26-9-13-30(14-10-26)44-20-24-4-2-6-28(16-24)36(40,41)42/h1-18,43-44H,19-22H2. The molecule has 252 valence electrons. The Morgan fingerprint density at radius 2 is 0.939 bits per heavy atom. The average molecular weight is 679 g/mol. The summed E-state index contributed by atoms with van der Waals surface area (Å²) in [7, 11) is 0. The number of nitrogens with one attached hydrogen (secondary N) is 2. The van der Waals surface area contributed by atoms with Crippen LogP contribution in [0.4, 0.5) is 37.7 Å². The summed E-state index contributed by atoms with van der Waals surface area (Å²) in [5.74, 6) is 0.990. The highest BCUT2D eigenvalue weighted by Gasteiger charge is 2.31. The molecular weight excluding hydrogens is 650 g/mol. The van der Waals surface area contributed by atoms with Gasteiger partial charge in [-0.3, -0.25) is 0 Å². The van der Waals surface area contributed by atoms with Crippen LogP contribution in [-0.4, -0.2) is 10.3 Å². The predicted octanol–water partition coefficient (Wildman–Crippen LogP) is 9.98. The number of rotatable bonds is 12. The molecule has 0 saturated heterocycles. The van der Waals surface area contributed by atoms with E-state index < -0.39 is 23.5 Å². The van der Waals surface area contributed by atoms with Gasteiger partial charge in [0.05, 0.1) is 11.1 Å². The molecule has 0 saturated carbocycles. The second-order valence-electron chi connectivity index (χ2n) is 11.1. The first-order valence-electron chi connectivity index (χ1n) is 15.0. The summed E-state index contributed by atoms with van der Waals surface area (Å²) in [5.41, 5.74) is 3.90. The van der Waals surface area contributed by atoms with E-state index in [-0.39, 0.29) is 26.3 Å². The number of hydrogen-bond acceptors (Lipinski definition) is 7. The molecule has 0 aliphatic heterocycles. The fourth-order valence-electron chi connectivity index (χ4n) is 4.93. The Hall–Kier alpha value is -5.56. The number of benzene rings is 4. The van der Waals surface area contributed by atoms with E-state index in [1.165, 1.54) is 12.1 Å². The van der Waals surface area contributed by atoms with Crippen LogP contribution in [-0.2, 0) is 43.4 Å². The molecule has 0 aliphatic rings. The SMILES string of the molecule is FC(F)(F)c1cccc(CNc2ccc(-c3cc(COCc4cc(-c5ccc(NCc6cccc(C(F)(F)F)c6)cc5)no4)on3)cc2)c1. The summed E-state index contributed by atoms with van der Waals surface area (Å²) in [5, 5.41) is 14.4. The second-order valence-corrected chi connectivity index (χ2v) is 11.1. The van der Waals surface area contributed by atoms with Crippen molar-refractivity contribution in [3.05, 3.63) is 143 Å². The number of halogens is 6. The highest BCUT2D eigenvalue weighted by Crippen LogP contribution is 2.31. The number of ether oxygens (including phenoxy) is 1. The smallest absolute Gasteiger partial charge is 0.381 e. The Bertz CT molecular complexity index is 1840. The van der Waals surface area contributed by atoms with Gasteiger partial charge in [-0.1, -0.05) is 58.8 Å². The molecule has 0 aliphatic carbocycles. The van der Waals surface area contributed by atoms with E-state index in [9.17, 15) is 26.3 Å². The Labute approximate surface area is 276 Å². The summed E-state index contributed by atoms with van der Waals surface area (Å²) >= 11 is 0. The minimum absolute atomic E-state index is 0.131. The van der Waals surface area contributed by atoms with Gasteiger partial charge in [-0.2, -0.15) is 26.3 Å². The van der Waals surface area contributed by atoms with Gasteiger partial charge in [-0.25, -0.2) is 0 Å². The topological polar surface area (TPSA) is 85.4 Å². The predicted molar refractivity (Wildman–Crippen MR) is 170 cm³/mol. The van der Waals surface area contributed by atoms with Crippen molar-refractivity contribution in [3.63, 3.8) is 0 Å². The van der Waals surface area contributed by atoms with E-state index in [2.05, 4.69) is 20.9 Å². The van der Waals surface area contributed by atoms with Crippen LogP contribution in [0.15, 0.2) is 118 Å². The van der Waals surface area contributed by atoms with Gasteiger partial charge in [0, 0.05) is 47.7 Å². The molecule has 7 nitrogen and oxygen atoms in total. The van der Waals surface area contributed by atoms with Crippen LogP contribution in [0.2, 0.25) is 0 Å². The minimum Gasteiger partial charge on any atom is -0.381 e. The quantitative estimate of drug-likeness (QED) is 0.125. The van der Waals surface area contributed by atoms with Gasteiger partial charge < -0.3 is 24.4 Å². The Morgan fingerprint density at radius 3 is 1.33 bits per heavy atom. The van der Waals surface area contributed by atoms with E-state index in [1.807, 2.05) is 24.3 Å². The molecule has 2 heterocycles. The van der Waals surface area contributed by atoms with Crippen LogP contribution in [0.3, 0.4) is 0 Å². The molecule has 0 atom stereocenters. The fraction of sp³-hybridized carbons (Fsp3) is 0.167. The summed E-state index contributed by atoms with van der Waals surface area (Å²) in [4.78, 5) is 0. The molecule has 0 unspecified atom stereocenters. The largest absolute Gasteiger partial charge is 0.416 e. The highest BCUT2D eigenvalue weighted by molar-refractivity contribution is 5.63. The van der Waals surface area contributed by atoms with Crippen LogP contribution >= 0.6 is 0 Å². The van der Waals surface area contributed by atoms with Gasteiger partial charge >= 0.3 is 12.4 Å². The van der Waals surface area contributed by atoms with Crippen molar-refractivity contribution in [2.75, 3.05) is 10.6 Å². The Balaban J connectivity index is 0.956. The van der Waals surface area contributed by atoms with Gasteiger partial charge in [0.1, 0.15) is 24.6 Å². The molecule has 6 aromatic rings. The first-order valence-corrected chi connectivity index (χ1v) is 15.0. The fourth-order valence-corrected chi connectivity index (χ4v) is 4.93. The second kappa shape index (κ2) is 14.3. The van der Waals surface area contributed by atoms with Gasteiger partial charge in [0.25, 0.3) is 0 Å². The first-order chi connectivity index (χ1) is 23.5. The lowest BCUT2D eigenvalue weighted by Crippen LogP contribution is -2.06. The molecule has 2 aromatic heterocycles. The van der Waals surface area contributed by atoms with Crippen molar-refractivity contribution in [2.24, 2.45) is 0 Å². The van der Waals surface area contributed by atoms with Crippen LogP contribution in [0.1, 0.15) is 33.8 Å². The van der Waals surface area contributed by atoms with Crippen molar-refractivity contribution in [2.45, 2.75) is 38.7 Å². The third kappa shape index (κ3) is 8.87. The van der Waals surface area contributed by atoms with Crippen molar-refractivity contribution in [1.29, 1.82) is 0 Å². The zero-order valence-electron chi connectivity index (χ0n) is 25.6. The van der Waals surface area contributed by atoms with E-state index in [0.717, 1.165) is 46.8 Å². The molecule has 13 heteroatoms. The van der Waals surface area contributed by atoms with Gasteiger partial charge in [0.15, 0.2) is 11.5 Å². The maximum atomic E-state index is 13.0. The third-order valence-electron chi connectivity index (χ3n) is 7.47. The van der Waals surface area contributed by atoms with Gasteiger partial charge in [-0.05, 0) is 59.7 Å². The monoisotopic (exact) mass is 678 g/mol. The summed E-state index contributed by atoms with van der Waals surface area (Å²) in [6.45, 7) is 0.734. The molecule has 0 bridgehead atoms. The van der Waals surface area contributed by atoms with E-state index >= 15 is 0 Å². The van der Waals surface area contributed by atoms with Gasteiger partial charge in [0.2, 0.25) is 0 Å². The third-order valence-corrected chi connectivity index (χ3v) is 7.47. The maximum absolute atomic E-state index is 13.0.